The van der Waals surface area contributed by atoms with Gasteiger partial charge in [0.05, 0.1) is 0 Å². The van der Waals surface area contributed by atoms with Gasteiger partial charge in [0.15, 0.2) is 0 Å². The lowest BCUT2D eigenvalue weighted by molar-refractivity contribution is 0.482. The average Bonchev–Trinajstić information content (AvgIpc) is 3.30. The van der Waals surface area contributed by atoms with E-state index in [9.17, 15) is 0 Å². The van der Waals surface area contributed by atoms with Crippen LogP contribution in [0.2, 0.25) is 0 Å². The second kappa shape index (κ2) is 19.7. The molecule has 0 saturated carbocycles. The summed E-state index contributed by atoms with van der Waals surface area (Å²) in [5.41, 5.74) is 16.0. The molecule has 0 aromatic heterocycles. The topological polar surface area (TPSA) is 9.23 Å². The van der Waals surface area contributed by atoms with Crippen LogP contribution in [0.1, 0.15) is 66.8 Å². The fourth-order valence-corrected chi connectivity index (χ4v) is 8.94. The number of fused-ring (bicyclic) bond motifs is 6. The van der Waals surface area contributed by atoms with Crippen LogP contribution in [0.5, 0.6) is 11.5 Å². The van der Waals surface area contributed by atoms with Crippen LogP contribution in [0.15, 0.2) is 170 Å². The molecule has 0 amide bonds. The van der Waals surface area contributed by atoms with Gasteiger partial charge in [0.25, 0.3) is 0 Å². The maximum atomic E-state index is 5.77. The van der Waals surface area contributed by atoms with Crippen molar-refractivity contribution < 1.29 is 4.74 Å². The third kappa shape index (κ3) is 10.7. The van der Waals surface area contributed by atoms with Gasteiger partial charge < -0.3 is 4.74 Å². The SMILES string of the molecule is Cc1ccc(Oc2ccc(C)c(C)c2)cc1.Cc1ccc2c(C)c3cc(C)ccc3cc2c1.Cc1ccc2cc3c(C)c(C)ccc3cc2c1.Cc1ccc2cc3cc(C)c(C)cc3cc2c1. The highest BCUT2D eigenvalue weighted by atomic mass is 16.5. The third-order valence-electron chi connectivity index (χ3n) is 13.5. The van der Waals surface area contributed by atoms with Crippen LogP contribution in [0.4, 0.5) is 0 Å². The van der Waals surface area contributed by atoms with E-state index in [0.29, 0.717) is 0 Å². The van der Waals surface area contributed by atoms with Crippen molar-refractivity contribution >= 4 is 64.6 Å². The van der Waals surface area contributed by atoms with Crippen molar-refractivity contribution in [2.75, 3.05) is 0 Å². The summed E-state index contributed by atoms with van der Waals surface area (Å²) in [5.74, 6) is 1.78. The van der Waals surface area contributed by atoms with Gasteiger partial charge >= 0.3 is 0 Å². The van der Waals surface area contributed by atoms with Crippen molar-refractivity contribution in [1.29, 1.82) is 0 Å². The van der Waals surface area contributed by atoms with Crippen molar-refractivity contribution in [3.63, 3.8) is 0 Å². The summed E-state index contributed by atoms with van der Waals surface area (Å²) in [7, 11) is 0. The predicted molar refractivity (Wildman–Crippen MR) is 294 cm³/mol. The van der Waals surface area contributed by atoms with Crippen LogP contribution in [0, 0.1) is 83.1 Å². The molecule has 0 aliphatic rings. The Labute approximate surface area is 398 Å². The van der Waals surface area contributed by atoms with E-state index in [4.69, 9.17) is 4.74 Å². The summed E-state index contributed by atoms with van der Waals surface area (Å²) in [4.78, 5) is 0. The number of benzene rings is 11. The monoisotopic (exact) mass is 872 g/mol. The van der Waals surface area contributed by atoms with E-state index >= 15 is 0 Å². The van der Waals surface area contributed by atoms with Gasteiger partial charge in [0.2, 0.25) is 0 Å². The standard InChI is InChI=1S/3C17H16.C15H16O/c1-11-5-7-16-13(3)17-9-12(2)4-6-14(17)10-15(16)8-11;1-11-4-6-14-10-17-13(3)12(2)5-7-15(17)9-16(14)8-11;1-11-4-5-14-9-16-7-12(2)13(3)8-17(16)10-15(14)6-11;1-11-4-7-14(8-5-11)16-15-9-6-12(2)13(3)10-15/h3*4-10H,1-3H3;4-10H,1-3H3. The minimum absolute atomic E-state index is 0.883. The van der Waals surface area contributed by atoms with Gasteiger partial charge in [-0.15, -0.1) is 0 Å². The molecule has 11 aromatic rings. The average molecular weight is 873 g/mol. The molecule has 0 N–H and O–H groups in total. The van der Waals surface area contributed by atoms with Gasteiger partial charge in [0.1, 0.15) is 11.5 Å². The van der Waals surface area contributed by atoms with Crippen LogP contribution in [0.25, 0.3) is 64.6 Å². The zero-order valence-corrected chi connectivity index (χ0v) is 41.6. The second-order valence-corrected chi connectivity index (χ2v) is 19.0. The Kier molecular flexibility index (Phi) is 13.6. The highest BCUT2D eigenvalue weighted by Crippen LogP contribution is 2.31. The zero-order valence-electron chi connectivity index (χ0n) is 41.6. The van der Waals surface area contributed by atoms with Crippen LogP contribution < -0.4 is 4.74 Å². The van der Waals surface area contributed by atoms with Crippen LogP contribution in [-0.2, 0) is 0 Å². The summed E-state index contributed by atoms with van der Waals surface area (Å²) in [6, 6.07) is 61.4. The van der Waals surface area contributed by atoms with Gasteiger partial charge in [-0.3, -0.25) is 0 Å². The van der Waals surface area contributed by atoms with E-state index in [1.54, 1.807) is 0 Å². The minimum atomic E-state index is 0.883. The van der Waals surface area contributed by atoms with E-state index in [0.717, 1.165) is 11.5 Å². The molecule has 1 heteroatoms. The van der Waals surface area contributed by atoms with Crippen molar-refractivity contribution in [3.05, 3.63) is 237 Å². The second-order valence-electron chi connectivity index (χ2n) is 19.0. The van der Waals surface area contributed by atoms with E-state index in [1.807, 2.05) is 18.2 Å². The van der Waals surface area contributed by atoms with Gasteiger partial charge in [-0.1, -0.05) is 143 Å². The lowest BCUT2D eigenvalue weighted by atomic mass is 9.96. The van der Waals surface area contributed by atoms with Gasteiger partial charge in [-0.2, -0.15) is 0 Å². The number of aryl methyl sites for hydroxylation is 12. The van der Waals surface area contributed by atoms with Gasteiger partial charge in [0, 0.05) is 0 Å². The summed E-state index contributed by atoms with van der Waals surface area (Å²) in [5, 5.41) is 16.1. The quantitative estimate of drug-likeness (QED) is 0.157. The van der Waals surface area contributed by atoms with E-state index < -0.39 is 0 Å². The highest BCUT2D eigenvalue weighted by Gasteiger charge is 2.06. The smallest absolute Gasteiger partial charge is 0.127 e. The van der Waals surface area contributed by atoms with Crippen molar-refractivity contribution in [1.82, 2.24) is 0 Å². The molecule has 0 fully saturated rings. The van der Waals surface area contributed by atoms with Crippen molar-refractivity contribution in [2.45, 2.75) is 83.1 Å². The number of hydrogen-bond acceptors (Lipinski definition) is 1. The molecule has 0 heterocycles. The Hall–Kier alpha value is -7.22. The van der Waals surface area contributed by atoms with Crippen molar-refractivity contribution in [3.8, 4) is 11.5 Å². The molecule has 0 aliphatic heterocycles. The maximum Gasteiger partial charge on any atom is 0.127 e. The highest BCUT2D eigenvalue weighted by molar-refractivity contribution is 6.03. The predicted octanol–water partition coefficient (Wildman–Crippen LogP) is 19.2. The normalized spacial score (nSPS) is 11.0. The molecule has 11 rings (SSSR count). The molecule has 0 saturated heterocycles. The number of rotatable bonds is 2. The molecule has 1 nitrogen and oxygen atoms in total. The minimum Gasteiger partial charge on any atom is -0.457 e. The summed E-state index contributed by atoms with van der Waals surface area (Å²) in [6.45, 7) is 25.8. The summed E-state index contributed by atoms with van der Waals surface area (Å²) >= 11 is 0. The molecule has 0 bridgehead atoms. The molecule has 0 aliphatic carbocycles. The fraction of sp³-hybridized carbons (Fsp3) is 0.182. The Morgan fingerprint density at radius 3 is 1.22 bits per heavy atom. The maximum absolute atomic E-state index is 5.77. The zero-order chi connectivity index (χ0) is 47.5. The Balaban J connectivity index is 0.000000121. The first-order valence-corrected chi connectivity index (χ1v) is 23.6. The number of ether oxygens (including phenoxy) is 1. The molecular formula is C66H64O. The third-order valence-corrected chi connectivity index (χ3v) is 13.5. The number of hydrogen-bond donors (Lipinski definition) is 0. The molecule has 67 heavy (non-hydrogen) atoms. The molecule has 0 unspecified atom stereocenters. The van der Waals surface area contributed by atoms with Crippen molar-refractivity contribution in [2.24, 2.45) is 0 Å². The lowest BCUT2D eigenvalue weighted by Gasteiger charge is -2.09. The van der Waals surface area contributed by atoms with Crippen LogP contribution in [-0.4, -0.2) is 0 Å². The molecule has 0 spiro atoms. The molecule has 11 aromatic carbocycles. The summed E-state index contributed by atoms with van der Waals surface area (Å²) in [6.07, 6.45) is 0. The van der Waals surface area contributed by atoms with Crippen LogP contribution >= 0.6 is 0 Å². The summed E-state index contributed by atoms with van der Waals surface area (Å²) < 4.78 is 5.77. The largest absolute Gasteiger partial charge is 0.457 e. The Morgan fingerprint density at radius 1 is 0.209 bits per heavy atom. The van der Waals surface area contributed by atoms with Crippen LogP contribution in [0.3, 0.4) is 0 Å². The molecule has 334 valence electrons. The van der Waals surface area contributed by atoms with E-state index in [1.165, 1.54) is 131 Å². The molecule has 0 radical (unpaired) electrons. The Morgan fingerprint density at radius 2 is 0.612 bits per heavy atom. The first-order valence-electron chi connectivity index (χ1n) is 23.6. The Bertz CT molecular complexity index is 3570. The molecule has 0 atom stereocenters. The first kappa shape index (κ1) is 46.3. The van der Waals surface area contributed by atoms with E-state index in [-0.39, 0.29) is 0 Å². The fourth-order valence-electron chi connectivity index (χ4n) is 8.94. The van der Waals surface area contributed by atoms with E-state index in [2.05, 4.69) is 235 Å². The van der Waals surface area contributed by atoms with Gasteiger partial charge in [-0.25, -0.2) is 0 Å². The van der Waals surface area contributed by atoms with Gasteiger partial charge in [-0.05, 0) is 241 Å². The first-order chi connectivity index (χ1) is 32.1. The molecular weight excluding hydrogens is 809 g/mol. The lowest BCUT2D eigenvalue weighted by Crippen LogP contribution is -1.86.